The SMILES string of the molecule is COc1cccc(-c2c(C(=O)NN=Cc3cccc4ccccc34)nnn2-c2nonc2N)c1. The van der Waals surface area contributed by atoms with E-state index < -0.39 is 5.91 Å². The third-order valence-electron chi connectivity index (χ3n) is 5.12. The predicted octanol–water partition coefficient (Wildman–Crippen LogP) is 2.83. The van der Waals surface area contributed by atoms with Gasteiger partial charge in [0.05, 0.1) is 13.3 Å². The average Bonchev–Trinajstić information content (AvgIpc) is 3.50. The minimum Gasteiger partial charge on any atom is -0.497 e. The number of benzene rings is 3. The number of fused-ring (bicyclic) bond motifs is 1. The molecule has 0 aliphatic carbocycles. The lowest BCUT2D eigenvalue weighted by molar-refractivity contribution is 0.0950. The smallest absolute Gasteiger partial charge is 0.294 e. The molecule has 0 fully saturated rings. The van der Waals surface area contributed by atoms with Crippen LogP contribution < -0.4 is 15.9 Å². The van der Waals surface area contributed by atoms with Gasteiger partial charge in [0.25, 0.3) is 5.91 Å². The Bertz CT molecular complexity index is 1520. The molecule has 0 unspecified atom stereocenters. The maximum atomic E-state index is 13.1. The van der Waals surface area contributed by atoms with Gasteiger partial charge in [-0.2, -0.15) is 9.78 Å². The molecule has 0 bridgehead atoms. The van der Waals surface area contributed by atoms with Crippen LogP contribution >= 0.6 is 0 Å². The van der Waals surface area contributed by atoms with E-state index in [-0.39, 0.29) is 17.3 Å². The second kappa shape index (κ2) is 8.82. The number of amides is 1. The van der Waals surface area contributed by atoms with E-state index in [1.165, 1.54) is 4.68 Å². The van der Waals surface area contributed by atoms with Crippen molar-refractivity contribution in [3.05, 3.63) is 78.0 Å². The second-order valence-corrected chi connectivity index (χ2v) is 7.17. The van der Waals surface area contributed by atoms with Crippen molar-refractivity contribution < 1.29 is 14.2 Å². The summed E-state index contributed by atoms with van der Waals surface area (Å²) in [6, 6.07) is 20.8. The summed E-state index contributed by atoms with van der Waals surface area (Å²) in [5, 5.41) is 21.7. The van der Waals surface area contributed by atoms with E-state index in [1.54, 1.807) is 37.6 Å². The molecule has 0 aliphatic heterocycles. The first kappa shape index (κ1) is 20.8. The number of hydrogen-bond acceptors (Lipinski definition) is 9. The highest BCUT2D eigenvalue weighted by atomic mass is 16.6. The highest BCUT2D eigenvalue weighted by Gasteiger charge is 2.25. The number of nitrogens with one attached hydrogen (secondary N) is 1. The molecular formula is C23H18N8O3. The van der Waals surface area contributed by atoms with E-state index >= 15 is 0 Å². The van der Waals surface area contributed by atoms with Crippen LogP contribution in [0.4, 0.5) is 5.82 Å². The van der Waals surface area contributed by atoms with E-state index in [1.807, 2.05) is 42.5 Å². The molecule has 0 aliphatic rings. The molecule has 3 N–H and O–H groups in total. The molecule has 11 nitrogen and oxygen atoms in total. The van der Waals surface area contributed by atoms with Gasteiger partial charge in [0.2, 0.25) is 11.6 Å². The standard InChI is InChI=1S/C23H18N8O3/c1-33-17-10-5-8-15(12-17)20-19(26-30-31(20)22-21(24)28-34-29-22)23(32)27-25-13-16-9-4-7-14-6-2-3-11-18(14)16/h2-13H,1H3,(H2,24,28)(H,27,32). The number of hydrogen-bond donors (Lipinski definition) is 2. The number of anilines is 1. The molecule has 0 saturated carbocycles. The van der Waals surface area contributed by atoms with Crippen LogP contribution in [0.1, 0.15) is 16.1 Å². The highest BCUT2D eigenvalue weighted by Crippen LogP contribution is 2.29. The number of methoxy groups -OCH3 is 1. The van der Waals surface area contributed by atoms with Crippen molar-refractivity contribution in [2.24, 2.45) is 5.10 Å². The van der Waals surface area contributed by atoms with Gasteiger partial charge < -0.3 is 10.5 Å². The number of hydrazone groups is 1. The Morgan fingerprint density at radius 1 is 1.12 bits per heavy atom. The monoisotopic (exact) mass is 454 g/mol. The maximum Gasteiger partial charge on any atom is 0.294 e. The van der Waals surface area contributed by atoms with Crippen LogP contribution in [-0.2, 0) is 0 Å². The lowest BCUT2D eigenvalue weighted by Gasteiger charge is -2.07. The number of carbonyl (C=O) groups excluding carboxylic acids is 1. The second-order valence-electron chi connectivity index (χ2n) is 7.17. The summed E-state index contributed by atoms with van der Waals surface area (Å²) in [5.74, 6) is 0.103. The normalized spacial score (nSPS) is 11.2. The van der Waals surface area contributed by atoms with Crippen LogP contribution in [0.2, 0.25) is 0 Å². The van der Waals surface area contributed by atoms with Crippen LogP contribution in [0.5, 0.6) is 5.75 Å². The summed E-state index contributed by atoms with van der Waals surface area (Å²) in [6.45, 7) is 0. The molecule has 0 radical (unpaired) electrons. The van der Waals surface area contributed by atoms with Gasteiger partial charge in [-0.25, -0.2) is 10.1 Å². The van der Waals surface area contributed by atoms with Crippen molar-refractivity contribution in [1.29, 1.82) is 0 Å². The van der Waals surface area contributed by atoms with Gasteiger partial charge in [0.15, 0.2) is 5.69 Å². The summed E-state index contributed by atoms with van der Waals surface area (Å²) in [6.07, 6.45) is 1.58. The van der Waals surface area contributed by atoms with Gasteiger partial charge in [0, 0.05) is 11.1 Å². The van der Waals surface area contributed by atoms with Crippen molar-refractivity contribution in [3.8, 4) is 22.8 Å². The first-order chi connectivity index (χ1) is 16.7. The van der Waals surface area contributed by atoms with Crippen LogP contribution in [-0.4, -0.2) is 44.5 Å². The van der Waals surface area contributed by atoms with E-state index in [2.05, 4.69) is 31.2 Å². The topological polar surface area (TPSA) is 146 Å². The molecule has 0 saturated heterocycles. The number of carbonyl (C=O) groups is 1. The summed E-state index contributed by atoms with van der Waals surface area (Å²) in [5.41, 5.74) is 10.1. The summed E-state index contributed by atoms with van der Waals surface area (Å²) < 4.78 is 11.3. The van der Waals surface area contributed by atoms with Gasteiger partial charge in [-0.15, -0.1) is 5.10 Å². The van der Waals surface area contributed by atoms with Crippen LogP contribution in [0.25, 0.3) is 27.8 Å². The molecule has 34 heavy (non-hydrogen) atoms. The first-order valence-electron chi connectivity index (χ1n) is 10.2. The Balaban J connectivity index is 1.50. The van der Waals surface area contributed by atoms with Crippen molar-refractivity contribution >= 4 is 28.7 Å². The maximum absolute atomic E-state index is 13.1. The van der Waals surface area contributed by atoms with Gasteiger partial charge in [-0.1, -0.05) is 59.8 Å². The van der Waals surface area contributed by atoms with E-state index in [0.29, 0.717) is 17.0 Å². The summed E-state index contributed by atoms with van der Waals surface area (Å²) in [7, 11) is 1.55. The number of nitrogens with zero attached hydrogens (tertiary/aromatic N) is 6. The third-order valence-corrected chi connectivity index (χ3v) is 5.12. The zero-order chi connectivity index (χ0) is 23.5. The van der Waals surface area contributed by atoms with Crippen molar-refractivity contribution in [1.82, 2.24) is 30.7 Å². The molecule has 5 aromatic rings. The Hall–Kier alpha value is -5.06. The van der Waals surface area contributed by atoms with Gasteiger partial charge in [0.1, 0.15) is 11.4 Å². The van der Waals surface area contributed by atoms with Crippen molar-refractivity contribution in [2.45, 2.75) is 0 Å². The van der Waals surface area contributed by atoms with Gasteiger partial charge >= 0.3 is 0 Å². The lowest BCUT2D eigenvalue weighted by atomic mass is 10.1. The Morgan fingerprint density at radius 3 is 2.76 bits per heavy atom. The summed E-state index contributed by atoms with van der Waals surface area (Å²) in [4.78, 5) is 13.1. The fourth-order valence-corrected chi connectivity index (χ4v) is 3.53. The number of ether oxygens (including phenoxy) is 1. The zero-order valence-electron chi connectivity index (χ0n) is 17.9. The quantitative estimate of drug-likeness (QED) is 0.294. The van der Waals surface area contributed by atoms with Crippen LogP contribution in [0.15, 0.2) is 76.5 Å². The largest absolute Gasteiger partial charge is 0.497 e. The lowest BCUT2D eigenvalue weighted by Crippen LogP contribution is -2.19. The third kappa shape index (κ3) is 3.81. The number of rotatable bonds is 6. The molecule has 5 rings (SSSR count). The average molecular weight is 454 g/mol. The van der Waals surface area contributed by atoms with Crippen molar-refractivity contribution in [2.75, 3.05) is 12.8 Å². The fourth-order valence-electron chi connectivity index (χ4n) is 3.53. The number of aromatic nitrogens is 5. The molecule has 2 heterocycles. The van der Waals surface area contributed by atoms with Gasteiger partial charge in [-0.05, 0) is 33.2 Å². The zero-order valence-corrected chi connectivity index (χ0v) is 17.9. The van der Waals surface area contributed by atoms with E-state index in [0.717, 1.165) is 16.3 Å². The Kier molecular flexibility index (Phi) is 5.40. The summed E-state index contributed by atoms with van der Waals surface area (Å²) >= 11 is 0. The molecule has 168 valence electrons. The molecule has 0 atom stereocenters. The Labute approximate surface area is 192 Å². The first-order valence-corrected chi connectivity index (χ1v) is 10.2. The molecular weight excluding hydrogens is 436 g/mol. The number of nitrogens with two attached hydrogens (primary N) is 1. The Morgan fingerprint density at radius 2 is 1.94 bits per heavy atom. The minimum absolute atomic E-state index is 0.00465. The molecule has 11 heteroatoms. The van der Waals surface area contributed by atoms with Gasteiger partial charge in [-0.3, -0.25) is 4.79 Å². The van der Waals surface area contributed by atoms with Crippen molar-refractivity contribution in [3.63, 3.8) is 0 Å². The fraction of sp³-hybridized carbons (Fsp3) is 0.0435. The molecule has 3 aromatic carbocycles. The minimum atomic E-state index is -0.574. The molecule has 1 amide bonds. The predicted molar refractivity (Wildman–Crippen MR) is 125 cm³/mol. The highest BCUT2D eigenvalue weighted by molar-refractivity contribution is 6.01. The van der Waals surface area contributed by atoms with E-state index in [4.69, 9.17) is 15.1 Å². The molecule has 2 aromatic heterocycles. The van der Waals surface area contributed by atoms with E-state index in [9.17, 15) is 4.79 Å². The number of nitrogen functional groups attached to an aromatic ring is 1. The molecule has 0 spiro atoms. The van der Waals surface area contributed by atoms with Crippen LogP contribution in [0, 0.1) is 0 Å². The van der Waals surface area contributed by atoms with Crippen LogP contribution in [0.3, 0.4) is 0 Å².